The molecule has 0 aliphatic heterocycles. The fourth-order valence-corrected chi connectivity index (χ4v) is 2.77. The van der Waals surface area contributed by atoms with E-state index in [2.05, 4.69) is 15.4 Å². The van der Waals surface area contributed by atoms with Gasteiger partial charge in [-0.25, -0.2) is 14.9 Å². The Morgan fingerprint density at radius 3 is 2.61 bits per heavy atom. The summed E-state index contributed by atoms with van der Waals surface area (Å²) in [6.07, 6.45) is 2.82. The van der Waals surface area contributed by atoms with Crippen LogP contribution in [0, 0.1) is 5.82 Å². The van der Waals surface area contributed by atoms with Gasteiger partial charge in [-0.1, -0.05) is 0 Å². The Balaban J connectivity index is 1.71. The van der Waals surface area contributed by atoms with E-state index in [9.17, 15) is 9.18 Å². The molecule has 1 aromatic heterocycles. The monoisotopic (exact) mass is 427 g/mol. The Morgan fingerprint density at radius 1 is 1.06 bits per heavy atom. The summed E-state index contributed by atoms with van der Waals surface area (Å²) < 4.78 is 29.8. The first-order chi connectivity index (χ1) is 15.0. The van der Waals surface area contributed by atoms with Crippen molar-refractivity contribution in [2.24, 2.45) is 0 Å². The van der Waals surface area contributed by atoms with E-state index in [1.807, 2.05) is 6.92 Å². The molecule has 0 aliphatic carbocycles. The molecule has 8 nitrogen and oxygen atoms in total. The molecule has 2 aromatic carbocycles. The normalized spacial score (nSPS) is 10.5. The lowest BCUT2D eigenvalue weighted by Crippen LogP contribution is -2.25. The Labute approximate surface area is 178 Å². The van der Waals surface area contributed by atoms with E-state index in [-0.39, 0.29) is 17.9 Å². The highest BCUT2D eigenvalue weighted by Crippen LogP contribution is 2.32. The Bertz CT molecular complexity index is 1060. The largest absolute Gasteiger partial charge is 0.497 e. The SMILES string of the molecule is CCOc1ccc(-c2cncc(C(=O)NOCc3cc(OC)ccc3F)n2)c(OC)c1. The number of rotatable bonds is 9. The second-order valence-electron chi connectivity index (χ2n) is 6.26. The molecular weight excluding hydrogens is 405 g/mol. The molecule has 0 spiro atoms. The van der Waals surface area contributed by atoms with Gasteiger partial charge in [-0.3, -0.25) is 14.6 Å². The molecule has 0 saturated heterocycles. The summed E-state index contributed by atoms with van der Waals surface area (Å²) in [4.78, 5) is 26.0. The van der Waals surface area contributed by atoms with Crippen molar-refractivity contribution in [3.63, 3.8) is 0 Å². The van der Waals surface area contributed by atoms with Crippen LogP contribution in [0.25, 0.3) is 11.3 Å². The molecule has 3 rings (SSSR count). The van der Waals surface area contributed by atoms with E-state index in [1.165, 1.54) is 44.8 Å². The molecule has 0 radical (unpaired) electrons. The molecule has 1 amide bonds. The van der Waals surface area contributed by atoms with Crippen LogP contribution < -0.4 is 19.7 Å². The van der Waals surface area contributed by atoms with Crippen molar-refractivity contribution in [1.82, 2.24) is 15.4 Å². The summed E-state index contributed by atoms with van der Waals surface area (Å²) in [6.45, 7) is 2.23. The fraction of sp³-hybridized carbons (Fsp3) is 0.227. The van der Waals surface area contributed by atoms with Gasteiger partial charge in [0.25, 0.3) is 5.91 Å². The first-order valence-electron chi connectivity index (χ1n) is 9.43. The first kappa shape index (κ1) is 22.0. The topological polar surface area (TPSA) is 91.8 Å². The number of hydrogen-bond acceptors (Lipinski definition) is 7. The third-order valence-electron chi connectivity index (χ3n) is 4.27. The molecule has 9 heteroatoms. The maximum atomic E-state index is 13.9. The minimum absolute atomic E-state index is 0.0274. The molecule has 1 N–H and O–H groups in total. The molecule has 0 bridgehead atoms. The van der Waals surface area contributed by atoms with Gasteiger partial charge < -0.3 is 14.2 Å². The second kappa shape index (κ2) is 10.4. The lowest BCUT2D eigenvalue weighted by molar-refractivity contribution is 0.0219. The van der Waals surface area contributed by atoms with E-state index in [4.69, 9.17) is 19.0 Å². The predicted octanol–water partition coefficient (Wildman–Crippen LogP) is 3.56. The Kier molecular flexibility index (Phi) is 7.34. The number of aromatic nitrogens is 2. The molecule has 0 atom stereocenters. The molecule has 162 valence electrons. The number of nitrogens with one attached hydrogen (secondary N) is 1. The summed E-state index contributed by atoms with van der Waals surface area (Å²) in [5.74, 6) is 0.571. The van der Waals surface area contributed by atoms with Crippen molar-refractivity contribution in [2.45, 2.75) is 13.5 Å². The number of hydrogen-bond donors (Lipinski definition) is 1. The molecule has 3 aromatic rings. The molecular formula is C22H22FN3O5. The van der Waals surface area contributed by atoms with Crippen LogP contribution in [0.1, 0.15) is 23.0 Å². The number of hydroxylamine groups is 1. The van der Waals surface area contributed by atoms with E-state index in [0.29, 0.717) is 35.1 Å². The van der Waals surface area contributed by atoms with Gasteiger partial charge in [-0.2, -0.15) is 0 Å². The summed E-state index contributed by atoms with van der Waals surface area (Å²) in [5, 5.41) is 0. The van der Waals surface area contributed by atoms with Crippen molar-refractivity contribution in [1.29, 1.82) is 0 Å². The smallest absolute Gasteiger partial charge is 0.295 e. The van der Waals surface area contributed by atoms with Crippen molar-refractivity contribution < 1.29 is 28.2 Å². The van der Waals surface area contributed by atoms with Crippen LogP contribution in [0.4, 0.5) is 4.39 Å². The van der Waals surface area contributed by atoms with Crippen molar-refractivity contribution >= 4 is 5.91 Å². The zero-order valence-electron chi connectivity index (χ0n) is 17.3. The minimum atomic E-state index is -0.623. The third kappa shape index (κ3) is 5.46. The average Bonchev–Trinajstić information content (AvgIpc) is 2.80. The van der Waals surface area contributed by atoms with Crippen LogP contribution in [0.5, 0.6) is 17.2 Å². The second-order valence-corrected chi connectivity index (χ2v) is 6.26. The van der Waals surface area contributed by atoms with Gasteiger partial charge in [0.2, 0.25) is 0 Å². The molecule has 31 heavy (non-hydrogen) atoms. The molecule has 0 unspecified atom stereocenters. The highest BCUT2D eigenvalue weighted by molar-refractivity contribution is 5.91. The lowest BCUT2D eigenvalue weighted by Gasteiger charge is -2.11. The zero-order chi connectivity index (χ0) is 22.2. The van der Waals surface area contributed by atoms with Crippen molar-refractivity contribution in [3.8, 4) is 28.5 Å². The van der Waals surface area contributed by atoms with Crippen LogP contribution >= 0.6 is 0 Å². The molecule has 0 aliphatic rings. The van der Waals surface area contributed by atoms with Crippen LogP contribution in [0.15, 0.2) is 48.8 Å². The Morgan fingerprint density at radius 2 is 1.87 bits per heavy atom. The molecule has 1 heterocycles. The number of carbonyl (C=O) groups excluding carboxylic acids is 1. The number of nitrogens with zero attached hydrogens (tertiary/aromatic N) is 2. The number of carbonyl (C=O) groups is 1. The van der Waals surface area contributed by atoms with E-state index < -0.39 is 11.7 Å². The number of halogens is 1. The quantitative estimate of drug-likeness (QED) is 0.522. The zero-order valence-corrected chi connectivity index (χ0v) is 17.3. The van der Waals surface area contributed by atoms with E-state index in [0.717, 1.165) is 0 Å². The van der Waals surface area contributed by atoms with Crippen molar-refractivity contribution in [2.75, 3.05) is 20.8 Å². The fourth-order valence-electron chi connectivity index (χ4n) is 2.77. The lowest BCUT2D eigenvalue weighted by atomic mass is 10.1. The van der Waals surface area contributed by atoms with E-state index in [1.54, 1.807) is 18.2 Å². The number of methoxy groups -OCH3 is 2. The van der Waals surface area contributed by atoms with Gasteiger partial charge in [0, 0.05) is 17.2 Å². The van der Waals surface area contributed by atoms with Crippen LogP contribution in [-0.4, -0.2) is 36.7 Å². The van der Waals surface area contributed by atoms with Gasteiger partial charge >= 0.3 is 0 Å². The Hall–Kier alpha value is -3.72. The average molecular weight is 427 g/mol. The van der Waals surface area contributed by atoms with E-state index >= 15 is 0 Å². The summed E-state index contributed by atoms with van der Waals surface area (Å²) >= 11 is 0. The van der Waals surface area contributed by atoms with Crippen molar-refractivity contribution in [3.05, 3.63) is 65.9 Å². The van der Waals surface area contributed by atoms with Gasteiger partial charge in [0.15, 0.2) is 0 Å². The highest BCUT2D eigenvalue weighted by atomic mass is 19.1. The van der Waals surface area contributed by atoms with Gasteiger partial charge in [0.05, 0.1) is 38.9 Å². The predicted molar refractivity (Wildman–Crippen MR) is 110 cm³/mol. The standard InChI is InChI=1S/C22H22FN3O5/c1-4-30-16-5-7-17(21(10-16)29-3)19-11-24-12-20(25-19)22(27)26-31-13-14-9-15(28-2)6-8-18(14)23/h5-12H,4,13H2,1-3H3,(H,26,27). The number of benzene rings is 2. The van der Waals surface area contributed by atoms with Crippen LogP contribution in [0.3, 0.4) is 0 Å². The molecule has 0 saturated carbocycles. The minimum Gasteiger partial charge on any atom is -0.497 e. The van der Waals surface area contributed by atoms with Gasteiger partial charge in [-0.05, 0) is 37.3 Å². The summed E-state index contributed by atoms with van der Waals surface area (Å²) in [7, 11) is 3.01. The maximum absolute atomic E-state index is 13.9. The third-order valence-corrected chi connectivity index (χ3v) is 4.27. The summed E-state index contributed by atoms with van der Waals surface area (Å²) in [6, 6.07) is 9.53. The van der Waals surface area contributed by atoms with Gasteiger partial charge in [-0.15, -0.1) is 0 Å². The van der Waals surface area contributed by atoms with Crippen LogP contribution in [0.2, 0.25) is 0 Å². The molecule has 0 fully saturated rings. The van der Waals surface area contributed by atoms with Gasteiger partial charge in [0.1, 0.15) is 35.4 Å². The number of amides is 1. The maximum Gasteiger partial charge on any atom is 0.295 e. The highest BCUT2D eigenvalue weighted by Gasteiger charge is 2.14. The first-order valence-corrected chi connectivity index (χ1v) is 9.43. The summed E-state index contributed by atoms with van der Waals surface area (Å²) in [5.41, 5.74) is 3.59. The van der Waals surface area contributed by atoms with Crippen LogP contribution in [-0.2, 0) is 11.4 Å². The number of ether oxygens (including phenoxy) is 3.